The normalized spacial score (nSPS) is 17.7. The van der Waals surface area contributed by atoms with Gasteiger partial charge in [-0.15, -0.1) is 0 Å². The first kappa shape index (κ1) is 19.3. The van der Waals surface area contributed by atoms with Crippen molar-refractivity contribution < 1.29 is 18.5 Å². The Labute approximate surface area is 165 Å². The van der Waals surface area contributed by atoms with Crippen LogP contribution in [-0.2, 0) is 9.36 Å². The second-order valence-corrected chi connectivity index (χ2v) is 10.9. The number of nitrogens with zero attached hydrogens (tertiary/aromatic N) is 2. The lowest BCUT2D eigenvalue weighted by Gasteiger charge is -2.21. The molecule has 0 N–H and O–H groups in total. The van der Waals surface area contributed by atoms with Gasteiger partial charge in [0.05, 0.1) is 12.8 Å². The molecule has 0 spiro atoms. The number of aromatic nitrogens is 1. The lowest BCUT2D eigenvalue weighted by atomic mass is 9.97. The van der Waals surface area contributed by atoms with Crippen LogP contribution >= 0.6 is 29.7 Å². The molecule has 1 aliphatic rings. The van der Waals surface area contributed by atoms with Crippen molar-refractivity contribution in [3.05, 3.63) is 45.4 Å². The Morgan fingerprint density at radius 2 is 2.12 bits per heavy atom. The molecule has 1 atom stereocenters. The van der Waals surface area contributed by atoms with Gasteiger partial charge in [-0.2, -0.15) is 0 Å². The Balaban J connectivity index is 1.98. The number of hydrogen-bond donors (Lipinski definition) is 0. The lowest BCUT2D eigenvalue weighted by Crippen LogP contribution is -2.30. The van der Waals surface area contributed by atoms with Crippen LogP contribution in [0.15, 0.2) is 30.5 Å². The average Bonchev–Trinajstić information content (AvgIpc) is 2.94. The van der Waals surface area contributed by atoms with Crippen LogP contribution in [0.4, 0.5) is 10.1 Å². The van der Waals surface area contributed by atoms with Crippen molar-refractivity contribution in [2.24, 2.45) is 0 Å². The standard InChI is InChI=1S/C18H19FIN2O3P/c1-25-12-8-13(19)17(14(20)9-12)11-7-16(23)22(10-11)15-5-4-6-21-18(15)26(2,3)24/h4-6,8-9,11H,7,10H2,1-3H3/t11-/m0/s1. The molecule has 1 saturated heterocycles. The maximum Gasteiger partial charge on any atom is 0.227 e. The Hall–Kier alpha value is -1.47. The van der Waals surface area contributed by atoms with Gasteiger partial charge < -0.3 is 14.2 Å². The van der Waals surface area contributed by atoms with Gasteiger partial charge in [0.2, 0.25) is 5.91 Å². The van der Waals surface area contributed by atoms with Crippen molar-refractivity contribution in [1.82, 2.24) is 4.98 Å². The molecule has 1 aliphatic heterocycles. The molecule has 0 unspecified atom stereocenters. The highest BCUT2D eigenvalue weighted by atomic mass is 127. The molecule has 3 rings (SSSR count). The minimum atomic E-state index is -2.65. The Kier molecular flexibility index (Phi) is 5.40. The first-order valence-electron chi connectivity index (χ1n) is 8.06. The van der Waals surface area contributed by atoms with Gasteiger partial charge in [0.1, 0.15) is 24.1 Å². The summed E-state index contributed by atoms with van der Waals surface area (Å²) in [6, 6.07) is 6.56. The number of hydrogen-bond acceptors (Lipinski definition) is 4. The minimum Gasteiger partial charge on any atom is -0.497 e. The molecule has 26 heavy (non-hydrogen) atoms. The third-order valence-corrected chi connectivity index (χ3v) is 6.65. The topological polar surface area (TPSA) is 59.5 Å². The number of pyridine rings is 1. The van der Waals surface area contributed by atoms with Gasteiger partial charge in [-0.3, -0.25) is 9.78 Å². The zero-order chi connectivity index (χ0) is 19.1. The summed E-state index contributed by atoms with van der Waals surface area (Å²) >= 11 is 2.07. The molecule has 1 amide bonds. The molecule has 2 heterocycles. The molecule has 1 aromatic carbocycles. The highest BCUT2D eigenvalue weighted by molar-refractivity contribution is 14.1. The zero-order valence-corrected chi connectivity index (χ0v) is 17.8. The second kappa shape index (κ2) is 7.27. The minimum absolute atomic E-state index is 0.122. The first-order valence-corrected chi connectivity index (χ1v) is 11.7. The molecule has 138 valence electrons. The van der Waals surface area contributed by atoms with E-state index in [1.165, 1.54) is 13.2 Å². The summed E-state index contributed by atoms with van der Waals surface area (Å²) in [6.07, 6.45) is 1.77. The fraction of sp³-hybridized carbons (Fsp3) is 0.333. The first-order chi connectivity index (χ1) is 12.2. The number of carbonyl (C=O) groups excluding carboxylic acids is 1. The Morgan fingerprint density at radius 3 is 2.73 bits per heavy atom. The van der Waals surface area contributed by atoms with Gasteiger partial charge >= 0.3 is 0 Å². The summed E-state index contributed by atoms with van der Waals surface area (Å²) in [5.74, 6) is -0.328. The highest BCUT2D eigenvalue weighted by Gasteiger charge is 2.36. The average molecular weight is 488 g/mol. The summed E-state index contributed by atoms with van der Waals surface area (Å²) in [4.78, 5) is 18.5. The van der Waals surface area contributed by atoms with Crippen LogP contribution in [0, 0.1) is 9.39 Å². The van der Waals surface area contributed by atoms with Crippen LogP contribution in [0.25, 0.3) is 0 Å². The fourth-order valence-electron chi connectivity index (χ4n) is 3.22. The molecule has 2 aromatic rings. The van der Waals surface area contributed by atoms with Crippen LogP contribution in [0.1, 0.15) is 17.9 Å². The van der Waals surface area contributed by atoms with Crippen molar-refractivity contribution in [2.45, 2.75) is 12.3 Å². The Bertz CT molecular complexity index is 892. The van der Waals surface area contributed by atoms with Crippen LogP contribution in [0.3, 0.4) is 0 Å². The predicted octanol–water partition coefficient (Wildman–Crippen LogP) is 3.60. The van der Waals surface area contributed by atoms with E-state index >= 15 is 0 Å². The summed E-state index contributed by atoms with van der Waals surface area (Å²) < 4.78 is 33.0. The quantitative estimate of drug-likeness (QED) is 0.488. The largest absolute Gasteiger partial charge is 0.497 e. The summed E-state index contributed by atoms with van der Waals surface area (Å²) in [6.45, 7) is 3.59. The molecule has 0 saturated carbocycles. The van der Waals surface area contributed by atoms with E-state index in [1.54, 1.807) is 42.6 Å². The van der Waals surface area contributed by atoms with Crippen LogP contribution in [0.2, 0.25) is 0 Å². The molecular formula is C18H19FIN2O3P. The third kappa shape index (κ3) is 3.64. The van der Waals surface area contributed by atoms with Crippen LogP contribution in [-0.4, -0.2) is 37.9 Å². The molecule has 1 aromatic heterocycles. The lowest BCUT2D eigenvalue weighted by molar-refractivity contribution is -0.117. The summed E-state index contributed by atoms with van der Waals surface area (Å²) in [5.41, 5.74) is 1.50. The SMILES string of the molecule is COc1cc(F)c([C@H]2CC(=O)N(c3cccnc3P(C)(C)=O)C2)c(I)c1. The van der Waals surface area contributed by atoms with Crippen molar-refractivity contribution >= 4 is 46.8 Å². The number of anilines is 1. The molecule has 0 radical (unpaired) electrons. The van der Waals surface area contributed by atoms with Gasteiger partial charge in [0.25, 0.3) is 0 Å². The molecule has 0 aliphatic carbocycles. The van der Waals surface area contributed by atoms with Crippen LogP contribution < -0.4 is 15.1 Å². The molecule has 0 bridgehead atoms. The third-order valence-electron chi connectivity index (χ3n) is 4.39. The maximum absolute atomic E-state index is 14.6. The molecule has 8 heteroatoms. The summed E-state index contributed by atoms with van der Waals surface area (Å²) in [7, 11) is -1.16. The number of benzene rings is 1. The number of ether oxygens (including phenoxy) is 1. The monoisotopic (exact) mass is 488 g/mol. The van der Waals surface area contributed by atoms with E-state index in [0.29, 0.717) is 29.0 Å². The van der Waals surface area contributed by atoms with Gasteiger partial charge in [-0.05, 0) is 54.1 Å². The maximum atomic E-state index is 14.6. The smallest absolute Gasteiger partial charge is 0.227 e. The number of amides is 1. The molecule has 5 nitrogen and oxygen atoms in total. The van der Waals surface area contributed by atoms with E-state index in [-0.39, 0.29) is 24.1 Å². The number of halogens is 2. The van der Waals surface area contributed by atoms with E-state index in [1.807, 2.05) is 0 Å². The van der Waals surface area contributed by atoms with E-state index in [9.17, 15) is 13.8 Å². The van der Waals surface area contributed by atoms with Gasteiger partial charge in [-0.25, -0.2) is 4.39 Å². The van der Waals surface area contributed by atoms with Crippen molar-refractivity contribution in [1.29, 1.82) is 0 Å². The number of rotatable bonds is 4. The van der Waals surface area contributed by atoms with E-state index in [4.69, 9.17) is 4.74 Å². The van der Waals surface area contributed by atoms with E-state index < -0.39 is 7.14 Å². The van der Waals surface area contributed by atoms with Crippen molar-refractivity contribution in [2.75, 3.05) is 31.9 Å². The zero-order valence-electron chi connectivity index (χ0n) is 14.7. The van der Waals surface area contributed by atoms with Crippen LogP contribution in [0.5, 0.6) is 5.75 Å². The van der Waals surface area contributed by atoms with E-state index in [0.717, 1.165) is 3.57 Å². The highest BCUT2D eigenvalue weighted by Crippen LogP contribution is 2.41. The number of carbonyl (C=O) groups is 1. The van der Waals surface area contributed by atoms with E-state index in [2.05, 4.69) is 27.6 Å². The summed E-state index contributed by atoms with van der Waals surface area (Å²) in [5, 5.41) is 0. The second-order valence-electron chi connectivity index (χ2n) is 6.61. The van der Waals surface area contributed by atoms with Gasteiger partial charge in [0, 0.05) is 40.3 Å². The Morgan fingerprint density at radius 1 is 1.38 bits per heavy atom. The predicted molar refractivity (Wildman–Crippen MR) is 109 cm³/mol. The molecule has 1 fully saturated rings. The number of methoxy groups -OCH3 is 1. The van der Waals surface area contributed by atoms with Gasteiger partial charge in [-0.1, -0.05) is 0 Å². The van der Waals surface area contributed by atoms with Gasteiger partial charge in [0.15, 0.2) is 0 Å². The molecular weight excluding hydrogens is 469 g/mol. The van der Waals surface area contributed by atoms with Crippen molar-refractivity contribution in [3.8, 4) is 5.75 Å². The van der Waals surface area contributed by atoms with Crippen molar-refractivity contribution in [3.63, 3.8) is 0 Å². The fourth-order valence-corrected chi connectivity index (χ4v) is 5.31.